The topological polar surface area (TPSA) is 52.6 Å². The van der Waals surface area contributed by atoms with Gasteiger partial charge in [-0.3, -0.25) is 4.79 Å². The van der Waals surface area contributed by atoms with Gasteiger partial charge in [0.25, 0.3) is 5.91 Å². The number of aromatic nitrogens is 2. The van der Waals surface area contributed by atoms with Crippen molar-refractivity contribution in [2.75, 3.05) is 50.1 Å². The molecule has 24 heavy (non-hydrogen) atoms. The SMILES string of the molecule is CN(C)c1cnnc(N2CCN(C(=O)c3cc(Cl)sc3Cl)CC2)c1. The Morgan fingerprint density at radius 3 is 2.50 bits per heavy atom. The predicted molar refractivity (Wildman–Crippen MR) is 98.8 cm³/mol. The van der Waals surface area contributed by atoms with Gasteiger partial charge in [-0.05, 0) is 6.07 Å². The zero-order chi connectivity index (χ0) is 17.3. The highest BCUT2D eigenvalue weighted by molar-refractivity contribution is 7.20. The molecule has 3 heterocycles. The molecule has 3 rings (SSSR count). The molecule has 9 heteroatoms. The minimum Gasteiger partial charge on any atom is -0.376 e. The van der Waals surface area contributed by atoms with Crippen LogP contribution in [0.3, 0.4) is 0 Å². The van der Waals surface area contributed by atoms with Gasteiger partial charge >= 0.3 is 0 Å². The minimum atomic E-state index is -0.0732. The lowest BCUT2D eigenvalue weighted by molar-refractivity contribution is 0.0747. The number of amides is 1. The average Bonchev–Trinajstić information content (AvgIpc) is 2.93. The normalized spacial score (nSPS) is 14.8. The van der Waals surface area contributed by atoms with Crippen LogP contribution in [0.4, 0.5) is 11.5 Å². The Hall–Kier alpha value is -1.57. The van der Waals surface area contributed by atoms with Gasteiger partial charge in [0.15, 0.2) is 5.82 Å². The van der Waals surface area contributed by atoms with Crippen molar-refractivity contribution in [3.05, 3.63) is 32.6 Å². The van der Waals surface area contributed by atoms with Crippen LogP contribution in [0.5, 0.6) is 0 Å². The van der Waals surface area contributed by atoms with Crippen LogP contribution >= 0.6 is 34.5 Å². The summed E-state index contributed by atoms with van der Waals surface area (Å²) in [5, 5.41) is 8.25. The van der Waals surface area contributed by atoms with E-state index in [1.54, 1.807) is 17.2 Å². The van der Waals surface area contributed by atoms with E-state index in [1.807, 2.05) is 25.1 Å². The number of rotatable bonds is 3. The van der Waals surface area contributed by atoms with E-state index in [0.29, 0.717) is 40.4 Å². The first kappa shape index (κ1) is 17.3. The van der Waals surface area contributed by atoms with Crippen molar-refractivity contribution in [3.63, 3.8) is 0 Å². The molecule has 0 spiro atoms. The van der Waals surface area contributed by atoms with E-state index in [9.17, 15) is 4.79 Å². The number of thiophene rings is 1. The first-order valence-corrected chi connectivity index (χ1v) is 9.02. The Kier molecular flexibility index (Phi) is 5.12. The lowest BCUT2D eigenvalue weighted by atomic mass is 10.2. The molecule has 6 nitrogen and oxygen atoms in total. The molecular weight excluding hydrogens is 369 g/mol. The summed E-state index contributed by atoms with van der Waals surface area (Å²) in [4.78, 5) is 18.5. The van der Waals surface area contributed by atoms with Crippen LogP contribution in [0.1, 0.15) is 10.4 Å². The molecule has 0 saturated carbocycles. The van der Waals surface area contributed by atoms with E-state index in [0.717, 1.165) is 11.5 Å². The maximum atomic E-state index is 12.6. The van der Waals surface area contributed by atoms with E-state index < -0.39 is 0 Å². The van der Waals surface area contributed by atoms with Gasteiger partial charge in [-0.15, -0.1) is 16.4 Å². The molecule has 0 radical (unpaired) electrons. The Balaban J connectivity index is 1.66. The summed E-state index contributed by atoms with van der Waals surface area (Å²) in [6.45, 7) is 2.62. The predicted octanol–water partition coefficient (Wildman–Crippen LogP) is 2.87. The molecule has 0 bridgehead atoms. The van der Waals surface area contributed by atoms with Crippen molar-refractivity contribution in [1.82, 2.24) is 15.1 Å². The molecule has 0 N–H and O–H groups in total. The number of carbonyl (C=O) groups is 1. The summed E-state index contributed by atoms with van der Waals surface area (Å²) in [6.07, 6.45) is 1.73. The largest absolute Gasteiger partial charge is 0.376 e. The zero-order valence-corrected chi connectivity index (χ0v) is 15.7. The second-order valence-electron chi connectivity index (χ2n) is 5.68. The lowest BCUT2D eigenvalue weighted by Gasteiger charge is -2.35. The summed E-state index contributed by atoms with van der Waals surface area (Å²) in [5.74, 6) is 0.751. The van der Waals surface area contributed by atoms with Gasteiger partial charge in [-0.2, -0.15) is 5.10 Å². The van der Waals surface area contributed by atoms with Gasteiger partial charge in [-0.1, -0.05) is 23.2 Å². The number of halogens is 2. The molecule has 1 aliphatic rings. The van der Waals surface area contributed by atoms with Crippen LogP contribution in [0.25, 0.3) is 0 Å². The first-order valence-electron chi connectivity index (χ1n) is 7.45. The lowest BCUT2D eigenvalue weighted by Crippen LogP contribution is -2.49. The number of hydrogen-bond donors (Lipinski definition) is 0. The number of anilines is 2. The van der Waals surface area contributed by atoms with E-state index in [4.69, 9.17) is 23.2 Å². The molecule has 2 aromatic rings. The number of nitrogens with zero attached hydrogens (tertiary/aromatic N) is 5. The fourth-order valence-electron chi connectivity index (χ4n) is 2.54. The number of carbonyl (C=O) groups excluding carboxylic acids is 1. The molecule has 1 amide bonds. The smallest absolute Gasteiger partial charge is 0.256 e. The van der Waals surface area contributed by atoms with E-state index >= 15 is 0 Å². The van der Waals surface area contributed by atoms with E-state index in [1.165, 1.54) is 11.3 Å². The molecule has 1 aliphatic heterocycles. The maximum Gasteiger partial charge on any atom is 0.256 e. The molecule has 0 aliphatic carbocycles. The van der Waals surface area contributed by atoms with Gasteiger partial charge in [-0.25, -0.2) is 0 Å². The van der Waals surface area contributed by atoms with Crippen LogP contribution < -0.4 is 9.80 Å². The Bertz CT molecular complexity index is 743. The standard InChI is InChI=1S/C15H17Cl2N5OS/c1-20(2)10-7-13(19-18-9-10)21-3-5-22(6-4-21)15(23)11-8-12(16)24-14(11)17/h7-9H,3-6H2,1-2H3. The van der Waals surface area contributed by atoms with Crippen molar-refractivity contribution in [2.45, 2.75) is 0 Å². The third-order valence-corrected chi connectivity index (χ3v) is 5.41. The van der Waals surface area contributed by atoms with E-state index in [2.05, 4.69) is 15.1 Å². The van der Waals surface area contributed by atoms with Crippen LogP contribution in [-0.2, 0) is 0 Å². The quantitative estimate of drug-likeness (QED) is 0.812. The average molecular weight is 386 g/mol. The van der Waals surface area contributed by atoms with Gasteiger partial charge in [0, 0.05) is 46.3 Å². The van der Waals surface area contributed by atoms with Crippen molar-refractivity contribution in [3.8, 4) is 0 Å². The molecular formula is C15H17Cl2N5OS. The Morgan fingerprint density at radius 1 is 1.21 bits per heavy atom. The van der Waals surface area contributed by atoms with Crippen molar-refractivity contribution >= 4 is 52.0 Å². The van der Waals surface area contributed by atoms with Gasteiger partial charge in [0.05, 0.1) is 21.8 Å². The van der Waals surface area contributed by atoms with Crippen LogP contribution in [-0.4, -0.2) is 61.3 Å². The fourth-order valence-corrected chi connectivity index (χ4v) is 3.99. The first-order chi connectivity index (χ1) is 11.5. The second kappa shape index (κ2) is 7.13. The summed E-state index contributed by atoms with van der Waals surface area (Å²) in [5.41, 5.74) is 1.48. The second-order valence-corrected chi connectivity index (χ2v) is 7.97. The summed E-state index contributed by atoms with van der Waals surface area (Å²) in [7, 11) is 3.93. The van der Waals surface area contributed by atoms with Crippen molar-refractivity contribution in [1.29, 1.82) is 0 Å². The van der Waals surface area contributed by atoms with Crippen molar-refractivity contribution in [2.24, 2.45) is 0 Å². The van der Waals surface area contributed by atoms with E-state index in [-0.39, 0.29) is 5.91 Å². The van der Waals surface area contributed by atoms with Crippen LogP contribution in [0.2, 0.25) is 8.67 Å². The van der Waals surface area contributed by atoms with Gasteiger partial charge < -0.3 is 14.7 Å². The van der Waals surface area contributed by atoms with Crippen LogP contribution in [0, 0.1) is 0 Å². The maximum absolute atomic E-state index is 12.6. The highest BCUT2D eigenvalue weighted by atomic mass is 35.5. The molecule has 0 atom stereocenters. The highest BCUT2D eigenvalue weighted by Gasteiger charge is 2.25. The van der Waals surface area contributed by atoms with Gasteiger partial charge in [0.2, 0.25) is 0 Å². The molecule has 2 aromatic heterocycles. The summed E-state index contributed by atoms with van der Waals surface area (Å²) < 4.78 is 0.967. The summed E-state index contributed by atoms with van der Waals surface area (Å²) >= 11 is 13.2. The van der Waals surface area contributed by atoms with Gasteiger partial charge in [0.1, 0.15) is 4.34 Å². The third kappa shape index (κ3) is 3.58. The number of piperazine rings is 1. The zero-order valence-electron chi connectivity index (χ0n) is 13.4. The number of hydrogen-bond acceptors (Lipinski definition) is 6. The minimum absolute atomic E-state index is 0.0732. The Labute approximate surface area is 154 Å². The Morgan fingerprint density at radius 2 is 1.92 bits per heavy atom. The monoisotopic (exact) mass is 385 g/mol. The third-order valence-electron chi connectivity index (χ3n) is 3.92. The fraction of sp³-hybridized carbons (Fsp3) is 0.400. The highest BCUT2D eigenvalue weighted by Crippen LogP contribution is 2.32. The molecule has 0 unspecified atom stereocenters. The van der Waals surface area contributed by atoms with Crippen LogP contribution in [0.15, 0.2) is 18.3 Å². The van der Waals surface area contributed by atoms with Crippen molar-refractivity contribution < 1.29 is 4.79 Å². The molecule has 128 valence electrons. The molecule has 1 fully saturated rings. The molecule has 1 saturated heterocycles. The molecule has 0 aromatic carbocycles. The summed E-state index contributed by atoms with van der Waals surface area (Å²) in [6, 6.07) is 3.63.